The van der Waals surface area contributed by atoms with Crippen molar-refractivity contribution < 1.29 is 24.5 Å². The van der Waals surface area contributed by atoms with Crippen molar-refractivity contribution in [3.8, 4) is 0 Å². The summed E-state index contributed by atoms with van der Waals surface area (Å²) in [6, 6.07) is -0.705. The molecule has 0 aromatic carbocycles. The number of carbonyl (C=O) groups is 2. The number of ether oxygens (including phenoxy) is 1. The van der Waals surface area contributed by atoms with Gasteiger partial charge in [0.2, 0.25) is 5.91 Å². The number of amides is 1. The maximum Gasteiger partial charge on any atom is 0.306 e. The van der Waals surface area contributed by atoms with Crippen LogP contribution in [0.25, 0.3) is 0 Å². The Bertz CT molecular complexity index is 843. The van der Waals surface area contributed by atoms with E-state index in [9.17, 15) is 19.8 Å². The van der Waals surface area contributed by atoms with Gasteiger partial charge in [-0.15, -0.1) is 0 Å². The third kappa shape index (κ3) is 37.1. The first-order valence-electron chi connectivity index (χ1n) is 23.1. The zero-order valence-electron chi connectivity index (χ0n) is 35.4. The van der Waals surface area contributed by atoms with E-state index in [1.807, 2.05) is 0 Å². The summed E-state index contributed by atoms with van der Waals surface area (Å²) < 4.78 is 5.87. The van der Waals surface area contributed by atoms with Crippen molar-refractivity contribution in [2.45, 2.75) is 257 Å². The van der Waals surface area contributed by atoms with Gasteiger partial charge in [0.1, 0.15) is 6.10 Å². The van der Waals surface area contributed by atoms with Gasteiger partial charge in [0.15, 0.2) is 0 Å². The minimum Gasteiger partial charge on any atom is -0.462 e. The summed E-state index contributed by atoms with van der Waals surface area (Å²) in [5.74, 6) is -0.510. The second kappa shape index (κ2) is 41.5. The Morgan fingerprint density at radius 2 is 0.943 bits per heavy atom. The van der Waals surface area contributed by atoms with E-state index in [1.54, 1.807) is 0 Å². The molecule has 0 saturated carbocycles. The van der Waals surface area contributed by atoms with Gasteiger partial charge in [0.05, 0.1) is 25.2 Å². The number of carbonyl (C=O) groups excluding carboxylic acids is 2. The van der Waals surface area contributed by atoms with E-state index in [1.165, 1.54) is 128 Å². The van der Waals surface area contributed by atoms with Crippen LogP contribution < -0.4 is 5.32 Å². The summed E-state index contributed by atoms with van der Waals surface area (Å²) >= 11 is 0. The van der Waals surface area contributed by atoms with Crippen molar-refractivity contribution in [2.24, 2.45) is 0 Å². The molecule has 6 nitrogen and oxygen atoms in total. The first kappa shape index (κ1) is 51.3. The van der Waals surface area contributed by atoms with Gasteiger partial charge in [-0.05, 0) is 64.2 Å². The smallest absolute Gasteiger partial charge is 0.306 e. The van der Waals surface area contributed by atoms with Crippen LogP contribution in [-0.2, 0) is 14.3 Å². The van der Waals surface area contributed by atoms with Gasteiger partial charge in [-0.1, -0.05) is 186 Å². The van der Waals surface area contributed by atoms with Crippen LogP contribution in [0.4, 0.5) is 0 Å². The zero-order valence-corrected chi connectivity index (χ0v) is 35.4. The van der Waals surface area contributed by atoms with E-state index in [2.05, 4.69) is 50.4 Å². The minimum atomic E-state index is -0.790. The van der Waals surface area contributed by atoms with Crippen molar-refractivity contribution in [3.05, 3.63) is 24.3 Å². The molecule has 0 rings (SSSR count). The van der Waals surface area contributed by atoms with Crippen LogP contribution in [0.3, 0.4) is 0 Å². The Balaban J connectivity index is 4.62. The Hall–Kier alpha value is -1.66. The standard InChI is InChI=1S/C47H89NO5/c1-4-7-10-13-16-19-22-25-26-29-32-35-38-43(53-47(52)40-37-34-31-28-24-21-18-15-12-9-6-3)41-46(51)48-44(42-49)45(50)39-36-33-30-27-23-20-17-14-11-8-5-2/h15,18,26,29,43-45,49-50H,4-14,16-17,19-25,27-28,30-42H2,1-3H3,(H,48,51)/b18-15-,29-26-. The number of allylic oxidation sites excluding steroid dienone is 4. The second-order valence-corrected chi connectivity index (χ2v) is 15.8. The summed E-state index contributed by atoms with van der Waals surface area (Å²) in [7, 11) is 0. The van der Waals surface area contributed by atoms with Gasteiger partial charge < -0.3 is 20.3 Å². The van der Waals surface area contributed by atoms with Gasteiger partial charge in [-0.2, -0.15) is 0 Å². The van der Waals surface area contributed by atoms with E-state index < -0.39 is 18.2 Å². The number of hydrogen-bond acceptors (Lipinski definition) is 5. The van der Waals surface area contributed by atoms with Crippen molar-refractivity contribution in [2.75, 3.05) is 6.61 Å². The number of rotatable bonds is 41. The molecule has 0 radical (unpaired) electrons. The van der Waals surface area contributed by atoms with Gasteiger partial charge >= 0.3 is 5.97 Å². The molecule has 0 aliphatic heterocycles. The van der Waals surface area contributed by atoms with Crippen LogP contribution >= 0.6 is 0 Å². The first-order chi connectivity index (χ1) is 26.0. The number of nitrogens with one attached hydrogen (secondary N) is 1. The van der Waals surface area contributed by atoms with Crippen molar-refractivity contribution in [3.63, 3.8) is 0 Å². The SMILES string of the molecule is CCCC/C=C\CCCCCCCC(=O)OC(CCC/C=C\CCCCCCCCC)CC(=O)NC(CO)C(O)CCCCCCCCCCCCC. The van der Waals surface area contributed by atoms with Crippen LogP contribution in [0.1, 0.15) is 239 Å². The highest BCUT2D eigenvalue weighted by molar-refractivity contribution is 5.77. The quantitative estimate of drug-likeness (QED) is 0.0329. The molecule has 0 spiro atoms. The van der Waals surface area contributed by atoms with Crippen LogP contribution in [0.2, 0.25) is 0 Å². The van der Waals surface area contributed by atoms with Crippen molar-refractivity contribution in [1.82, 2.24) is 5.32 Å². The van der Waals surface area contributed by atoms with Crippen LogP contribution in [0.5, 0.6) is 0 Å². The van der Waals surface area contributed by atoms with Gasteiger partial charge in [-0.3, -0.25) is 9.59 Å². The lowest BCUT2D eigenvalue weighted by Gasteiger charge is -2.24. The minimum absolute atomic E-state index is 0.0565. The van der Waals surface area contributed by atoms with E-state index in [0.29, 0.717) is 19.3 Å². The normalized spacial score (nSPS) is 13.5. The second-order valence-electron chi connectivity index (χ2n) is 15.8. The van der Waals surface area contributed by atoms with Crippen LogP contribution in [-0.4, -0.2) is 46.9 Å². The molecule has 0 aromatic rings. The van der Waals surface area contributed by atoms with Crippen LogP contribution in [0.15, 0.2) is 24.3 Å². The highest BCUT2D eigenvalue weighted by Crippen LogP contribution is 2.17. The molecule has 53 heavy (non-hydrogen) atoms. The predicted molar refractivity (Wildman–Crippen MR) is 227 cm³/mol. The number of aliphatic hydroxyl groups is 2. The summed E-state index contributed by atoms with van der Waals surface area (Å²) in [5.41, 5.74) is 0. The molecule has 0 aliphatic rings. The summed E-state index contributed by atoms with van der Waals surface area (Å²) in [5, 5.41) is 23.6. The molecule has 0 aromatic heterocycles. The number of unbranched alkanes of at least 4 members (excludes halogenated alkanes) is 25. The average Bonchev–Trinajstić information content (AvgIpc) is 3.15. The molecule has 0 aliphatic carbocycles. The fourth-order valence-corrected chi connectivity index (χ4v) is 6.94. The molecular weight excluding hydrogens is 659 g/mol. The molecule has 6 heteroatoms. The number of hydrogen-bond donors (Lipinski definition) is 3. The largest absolute Gasteiger partial charge is 0.462 e. The molecular formula is C47H89NO5. The predicted octanol–water partition coefficient (Wildman–Crippen LogP) is 13.2. The van der Waals surface area contributed by atoms with E-state index >= 15 is 0 Å². The molecule has 0 fully saturated rings. The summed E-state index contributed by atoms with van der Waals surface area (Å²) in [4.78, 5) is 25.9. The highest BCUT2D eigenvalue weighted by atomic mass is 16.5. The Morgan fingerprint density at radius 3 is 1.43 bits per heavy atom. The summed E-state index contributed by atoms with van der Waals surface area (Å²) in [6.45, 7) is 6.42. The average molecular weight is 748 g/mol. The van der Waals surface area contributed by atoms with E-state index in [-0.39, 0.29) is 24.9 Å². The maximum absolute atomic E-state index is 13.1. The zero-order chi connectivity index (χ0) is 38.9. The van der Waals surface area contributed by atoms with Crippen LogP contribution in [0, 0.1) is 0 Å². The molecule has 3 atom stereocenters. The molecule has 0 bridgehead atoms. The summed E-state index contributed by atoms with van der Waals surface area (Å²) in [6.07, 6.45) is 45.2. The molecule has 0 saturated heterocycles. The Morgan fingerprint density at radius 1 is 0.528 bits per heavy atom. The molecule has 312 valence electrons. The van der Waals surface area contributed by atoms with Gasteiger partial charge in [-0.25, -0.2) is 0 Å². The van der Waals surface area contributed by atoms with Gasteiger partial charge in [0.25, 0.3) is 0 Å². The lowest BCUT2D eigenvalue weighted by atomic mass is 10.0. The third-order valence-corrected chi connectivity index (χ3v) is 10.5. The van der Waals surface area contributed by atoms with Crippen molar-refractivity contribution in [1.29, 1.82) is 0 Å². The monoisotopic (exact) mass is 748 g/mol. The van der Waals surface area contributed by atoms with Gasteiger partial charge in [0, 0.05) is 6.42 Å². The fraction of sp³-hybridized carbons (Fsp3) is 0.872. The first-order valence-corrected chi connectivity index (χ1v) is 23.1. The maximum atomic E-state index is 13.1. The van der Waals surface area contributed by atoms with Crippen molar-refractivity contribution >= 4 is 11.9 Å². The number of aliphatic hydroxyl groups excluding tert-OH is 2. The molecule has 0 heterocycles. The fourth-order valence-electron chi connectivity index (χ4n) is 6.94. The molecule has 1 amide bonds. The third-order valence-electron chi connectivity index (χ3n) is 10.5. The molecule has 3 unspecified atom stereocenters. The Labute approximate surface area is 329 Å². The number of esters is 1. The topological polar surface area (TPSA) is 95.9 Å². The highest BCUT2D eigenvalue weighted by Gasteiger charge is 2.24. The Kier molecular flexibility index (Phi) is 40.2. The molecule has 3 N–H and O–H groups in total. The lowest BCUT2D eigenvalue weighted by molar-refractivity contribution is -0.151. The van der Waals surface area contributed by atoms with E-state index in [4.69, 9.17) is 4.74 Å². The van der Waals surface area contributed by atoms with E-state index in [0.717, 1.165) is 64.2 Å². The lowest BCUT2D eigenvalue weighted by Crippen LogP contribution is -2.46.